The molecule has 2 heterocycles. The van der Waals surface area contributed by atoms with Crippen LogP contribution in [0.25, 0.3) is 16.7 Å². The smallest absolute Gasteiger partial charge is 0.256 e. The van der Waals surface area contributed by atoms with Gasteiger partial charge in [-0.05, 0) is 43.7 Å². The molecule has 0 spiro atoms. The normalized spacial score (nSPS) is 11.0. The van der Waals surface area contributed by atoms with Gasteiger partial charge >= 0.3 is 0 Å². The molecule has 1 aromatic carbocycles. The number of aromatic nitrogens is 4. The van der Waals surface area contributed by atoms with Crippen molar-refractivity contribution in [3.05, 3.63) is 29.6 Å². The molecule has 0 aliphatic carbocycles. The van der Waals surface area contributed by atoms with Crippen molar-refractivity contribution in [2.24, 2.45) is 0 Å². The molecule has 23 heavy (non-hydrogen) atoms. The van der Waals surface area contributed by atoms with E-state index in [0.29, 0.717) is 22.6 Å². The molecule has 3 rings (SSSR count). The predicted octanol–water partition coefficient (Wildman–Crippen LogP) is 2.22. The molecule has 6 nitrogen and oxygen atoms in total. The average molecular weight is 330 g/mol. The lowest BCUT2D eigenvalue weighted by molar-refractivity contribution is -0.615. The van der Waals surface area contributed by atoms with Gasteiger partial charge in [-0.2, -0.15) is 4.98 Å². The zero-order valence-electron chi connectivity index (χ0n) is 13.7. The summed E-state index contributed by atoms with van der Waals surface area (Å²) in [6.07, 6.45) is 1.93. The van der Waals surface area contributed by atoms with Crippen LogP contribution in [0.5, 0.6) is 11.5 Å². The zero-order valence-corrected chi connectivity index (χ0v) is 14.6. The lowest BCUT2D eigenvalue weighted by Gasteiger charge is -2.16. The molecule has 7 heteroatoms. The summed E-state index contributed by atoms with van der Waals surface area (Å²) < 4.78 is 12.8. The molecule has 0 unspecified atom stereocenters. The fraction of sp³-hybridized carbons (Fsp3) is 0.312. The Hall–Kier alpha value is -2.28. The van der Waals surface area contributed by atoms with E-state index in [0.717, 1.165) is 22.2 Å². The van der Waals surface area contributed by atoms with Gasteiger partial charge in [0.05, 0.1) is 14.2 Å². The van der Waals surface area contributed by atoms with Crippen LogP contribution in [0.4, 0.5) is 0 Å². The fourth-order valence-corrected chi connectivity index (χ4v) is 3.00. The van der Waals surface area contributed by atoms with E-state index in [9.17, 15) is 0 Å². The van der Waals surface area contributed by atoms with Crippen LogP contribution in [0.3, 0.4) is 0 Å². The summed E-state index contributed by atoms with van der Waals surface area (Å²) in [5.74, 6) is 2.00. The zero-order chi connectivity index (χ0) is 16.6. The lowest BCUT2D eigenvalue weighted by Crippen LogP contribution is -2.39. The van der Waals surface area contributed by atoms with Crippen molar-refractivity contribution in [1.82, 2.24) is 15.2 Å². The van der Waals surface area contributed by atoms with Crippen molar-refractivity contribution < 1.29 is 14.0 Å². The van der Waals surface area contributed by atoms with Gasteiger partial charge in [0.15, 0.2) is 11.5 Å². The van der Waals surface area contributed by atoms with Gasteiger partial charge in [-0.15, -0.1) is 10.2 Å². The molecule has 3 aromatic rings. The van der Waals surface area contributed by atoms with E-state index in [4.69, 9.17) is 9.47 Å². The molecule has 0 radical (unpaired) electrons. The topological polar surface area (TPSA) is 62.2 Å². The number of pyridine rings is 1. The maximum atomic E-state index is 5.42. The van der Waals surface area contributed by atoms with Gasteiger partial charge < -0.3 is 9.47 Å². The van der Waals surface area contributed by atoms with E-state index in [1.165, 1.54) is 11.8 Å². The second-order valence-corrected chi connectivity index (χ2v) is 5.87. The number of hydrogen-bond acceptors (Lipinski definition) is 5. The quantitative estimate of drug-likeness (QED) is 0.540. The van der Waals surface area contributed by atoms with Gasteiger partial charge in [0.2, 0.25) is 5.16 Å². The summed E-state index contributed by atoms with van der Waals surface area (Å²) in [4.78, 5) is 4.45. The van der Waals surface area contributed by atoms with Crippen molar-refractivity contribution >= 4 is 22.5 Å². The Kier molecular flexibility index (Phi) is 4.12. The molecule has 0 atom stereocenters. The van der Waals surface area contributed by atoms with Crippen LogP contribution in [-0.2, 0) is 0 Å². The average Bonchev–Trinajstić information content (AvgIpc) is 3.02. The Bertz CT molecular complexity index is 876. The monoisotopic (exact) mass is 330 g/mol. The Labute approximate surface area is 138 Å². The van der Waals surface area contributed by atoms with E-state index in [1.807, 2.05) is 36.8 Å². The lowest BCUT2D eigenvalue weighted by atomic mass is 10.1. The van der Waals surface area contributed by atoms with Gasteiger partial charge in [0.25, 0.3) is 5.95 Å². The first-order valence-corrected chi connectivity index (χ1v) is 8.31. The first-order chi connectivity index (χ1) is 11.1. The number of ether oxygens (including phenoxy) is 2. The number of rotatable bonds is 4. The summed E-state index contributed by atoms with van der Waals surface area (Å²) in [7, 11) is 3.27. The van der Waals surface area contributed by atoms with Gasteiger partial charge in [-0.25, -0.2) is 0 Å². The summed E-state index contributed by atoms with van der Waals surface area (Å²) in [6, 6.07) is 6.04. The number of benzene rings is 1. The summed E-state index contributed by atoms with van der Waals surface area (Å²) in [5.41, 5.74) is 2.06. The Morgan fingerprint density at radius 1 is 1.04 bits per heavy atom. The summed E-state index contributed by atoms with van der Waals surface area (Å²) >= 11 is 1.48. The molecule has 120 valence electrons. The van der Waals surface area contributed by atoms with Crippen LogP contribution in [0.2, 0.25) is 0 Å². The second-order valence-electron chi connectivity index (χ2n) is 5.10. The highest BCUT2D eigenvalue weighted by molar-refractivity contribution is 7.98. The van der Waals surface area contributed by atoms with Crippen LogP contribution >= 0.6 is 11.8 Å². The van der Waals surface area contributed by atoms with Gasteiger partial charge in [-0.1, -0.05) is 11.8 Å². The SMILES string of the molecule is COc1cc2cc(C)[n+](-c3nnc(SC)[n-]3)c(C)c2cc1OC. The molecule has 0 aliphatic rings. The summed E-state index contributed by atoms with van der Waals surface area (Å²) in [6.45, 7) is 4.06. The van der Waals surface area contributed by atoms with E-state index >= 15 is 0 Å². The third kappa shape index (κ3) is 2.61. The highest BCUT2D eigenvalue weighted by Crippen LogP contribution is 2.33. The highest BCUT2D eigenvalue weighted by atomic mass is 32.2. The second kappa shape index (κ2) is 6.08. The predicted molar refractivity (Wildman–Crippen MR) is 88.7 cm³/mol. The fourth-order valence-electron chi connectivity index (χ4n) is 2.71. The number of nitrogens with zero attached hydrogens (tertiary/aromatic N) is 4. The molecule has 0 saturated carbocycles. The Balaban J connectivity index is 2.27. The van der Waals surface area contributed by atoms with Gasteiger partial charge in [0, 0.05) is 16.8 Å². The van der Waals surface area contributed by atoms with E-state index < -0.39 is 0 Å². The number of methoxy groups -OCH3 is 2. The maximum absolute atomic E-state index is 5.42. The van der Waals surface area contributed by atoms with Gasteiger partial charge in [-0.3, -0.25) is 4.57 Å². The van der Waals surface area contributed by atoms with Crippen molar-refractivity contribution in [3.8, 4) is 17.4 Å². The number of hydrogen-bond donors (Lipinski definition) is 0. The third-order valence-electron chi connectivity index (χ3n) is 3.80. The Morgan fingerprint density at radius 3 is 2.35 bits per heavy atom. The molecular formula is C16H18N4O2S. The molecule has 2 aromatic heterocycles. The molecule has 0 aliphatic heterocycles. The van der Waals surface area contributed by atoms with Crippen molar-refractivity contribution in [2.75, 3.05) is 20.5 Å². The highest BCUT2D eigenvalue weighted by Gasteiger charge is 2.15. The van der Waals surface area contributed by atoms with Crippen molar-refractivity contribution in [2.45, 2.75) is 19.0 Å². The molecule has 0 bridgehead atoms. The largest absolute Gasteiger partial charge is 0.493 e. The van der Waals surface area contributed by atoms with Crippen LogP contribution in [0.1, 0.15) is 11.4 Å². The standard InChI is InChI=1S/C16H18N4O2S/c1-9-6-11-7-13(21-3)14(22-4)8-12(11)10(2)20(9)15-17-16(23-5)19-18-15/h6-8H,1-5H3. The summed E-state index contributed by atoms with van der Waals surface area (Å²) in [5, 5.41) is 11.1. The van der Waals surface area contributed by atoms with Crippen LogP contribution in [0, 0.1) is 13.8 Å². The van der Waals surface area contributed by atoms with Crippen LogP contribution < -0.4 is 19.0 Å². The van der Waals surface area contributed by atoms with Crippen molar-refractivity contribution in [3.63, 3.8) is 0 Å². The molecule has 0 N–H and O–H groups in total. The maximum Gasteiger partial charge on any atom is 0.256 e. The number of thioether (sulfide) groups is 1. The number of aryl methyl sites for hydroxylation is 2. The third-order valence-corrected chi connectivity index (χ3v) is 4.34. The minimum atomic E-state index is 0.584. The minimum absolute atomic E-state index is 0.584. The first-order valence-electron chi connectivity index (χ1n) is 7.08. The molecular weight excluding hydrogens is 312 g/mol. The van der Waals surface area contributed by atoms with E-state index in [1.54, 1.807) is 14.2 Å². The number of fused-ring (bicyclic) bond motifs is 1. The molecule has 0 saturated heterocycles. The van der Waals surface area contributed by atoms with Crippen LogP contribution in [0.15, 0.2) is 23.4 Å². The minimum Gasteiger partial charge on any atom is -0.493 e. The first kappa shape index (κ1) is 15.6. The van der Waals surface area contributed by atoms with E-state index in [-0.39, 0.29) is 0 Å². The van der Waals surface area contributed by atoms with Crippen LogP contribution in [-0.4, -0.2) is 30.7 Å². The molecule has 0 amide bonds. The molecule has 0 fully saturated rings. The van der Waals surface area contributed by atoms with Crippen molar-refractivity contribution in [1.29, 1.82) is 0 Å². The van der Waals surface area contributed by atoms with Gasteiger partial charge in [0.1, 0.15) is 0 Å². The Morgan fingerprint density at radius 2 is 1.74 bits per heavy atom. The van der Waals surface area contributed by atoms with E-state index in [2.05, 4.69) is 21.2 Å².